The molecule has 1 aromatic rings. The normalized spacial score (nSPS) is 19.8. The third-order valence-electron chi connectivity index (χ3n) is 4.64. The van der Waals surface area contributed by atoms with Crippen LogP contribution in [0.15, 0.2) is 24.3 Å². The lowest BCUT2D eigenvalue weighted by Crippen LogP contribution is -2.42. The molecule has 1 amide bonds. The fraction of sp³-hybridized carbons (Fsp3) is 0.500. The number of benzene rings is 1. The molecule has 0 heterocycles. The summed E-state index contributed by atoms with van der Waals surface area (Å²) in [5.41, 5.74) is 0.685. The van der Waals surface area contributed by atoms with Gasteiger partial charge in [-0.3, -0.25) is 4.79 Å². The minimum absolute atomic E-state index is 0.173. The molecule has 26 heavy (non-hydrogen) atoms. The van der Waals surface area contributed by atoms with Crippen molar-refractivity contribution in [3.8, 4) is 11.5 Å². The summed E-state index contributed by atoms with van der Waals surface area (Å²) in [6.07, 6.45) is 7.28. The Kier molecular flexibility index (Phi) is 7.51. The number of esters is 1. The smallest absolute Gasteiger partial charge is 0.331 e. The number of methoxy groups -OCH3 is 2. The predicted molar refractivity (Wildman–Crippen MR) is 99.1 cm³/mol. The molecule has 2 rings (SSSR count). The Balaban J connectivity index is 1.85. The van der Waals surface area contributed by atoms with Crippen molar-refractivity contribution < 1.29 is 23.8 Å². The van der Waals surface area contributed by atoms with Gasteiger partial charge in [0.1, 0.15) is 0 Å². The van der Waals surface area contributed by atoms with Crippen LogP contribution in [0.1, 0.15) is 38.2 Å². The van der Waals surface area contributed by atoms with Crippen molar-refractivity contribution in [3.05, 3.63) is 29.8 Å². The van der Waals surface area contributed by atoms with E-state index in [4.69, 9.17) is 14.2 Å². The topological polar surface area (TPSA) is 73.9 Å². The number of para-hydroxylation sites is 1. The van der Waals surface area contributed by atoms with Crippen molar-refractivity contribution in [2.75, 3.05) is 20.8 Å². The van der Waals surface area contributed by atoms with E-state index in [1.165, 1.54) is 19.6 Å². The van der Waals surface area contributed by atoms with Gasteiger partial charge in [0.05, 0.1) is 14.2 Å². The summed E-state index contributed by atoms with van der Waals surface area (Å²) in [6.45, 7) is 1.86. The quantitative estimate of drug-likeness (QED) is 0.597. The average molecular weight is 361 g/mol. The zero-order valence-electron chi connectivity index (χ0n) is 15.6. The Morgan fingerprint density at radius 3 is 2.65 bits per heavy atom. The van der Waals surface area contributed by atoms with Gasteiger partial charge in [-0.05, 0) is 30.9 Å². The maximum absolute atomic E-state index is 12.0. The summed E-state index contributed by atoms with van der Waals surface area (Å²) in [7, 11) is 3.08. The SMILES string of the molecule is COc1cccc(/C=C/C(=O)OCC(=O)N[C@H]2CCCC[C@@H]2C)c1OC. The zero-order chi connectivity index (χ0) is 18.9. The van der Waals surface area contributed by atoms with Gasteiger partial charge in [-0.2, -0.15) is 0 Å². The number of rotatable bonds is 7. The Morgan fingerprint density at radius 1 is 1.19 bits per heavy atom. The minimum Gasteiger partial charge on any atom is -0.493 e. The maximum atomic E-state index is 12.0. The van der Waals surface area contributed by atoms with E-state index >= 15 is 0 Å². The molecule has 1 saturated carbocycles. The third kappa shape index (κ3) is 5.51. The lowest BCUT2D eigenvalue weighted by molar-refractivity contribution is -0.144. The van der Waals surface area contributed by atoms with Crippen LogP contribution < -0.4 is 14.8 Å². The molecule has 1 fully saturated rings. The van der Waals surface area contributed by atoms with Crippen molar-refractivity contribution in [1.29, 1.82) is 0 Å². The second-order valence-electron chi connectivity index (χ2n) is 6.46. The molecule has 0 aliphatic heterocycles. The highest BCUT2D eigenvalue weighted by molar-refractivity contribution is 5.90. The van der Waals surface area contributed by atoms with E-state index in [0.717, 1.165) is 19.3 Å². The fourth-order valence-electron chi connectivity index (χ4n) is 3.16. The molecular weight excluding hydrogens is 334 g/mol. The summed E-state index contributed by atoms with van der Waals surface area (Å²) in [4.78, 5) is 23.8. The number of carbonyl (C=O) groups is 2. The first kappa shape index (κ1) is 19.8. The van der Waals surface area contributed by atoms with Gasteiger partial charge in [0.25, 0.3) is 5.91 Å². The van der Waals surface area contributed by atoms with Crippen LogP contribution in [-0.2, 0) is 14.3 Å². The lowest BCUT2D eigenvalue weighted by atomic mass is 9.86. The van der Waals surface area contributed by atoms with Crippen LogP contribution in [0, 0.1) is 5.92 Å². The van der Waals surface area contributed by atoms with E-state index in [2.05, 4.69) is 12.2 Å². The van der Waals surface area contributed by atoms with Crippen molar-refractivity contribution >= 4 is 18.0 Å². The summed E-state index contributed by atoms with van der Waals surface area (Å²) in [6, 6.07) is 5.53. The largest absolute Gasteiger partial charge is 0.493 e. The van der Waals surface area contributed by atoms with Crippen molar-refractivity contribution in [2.24, 2.45) is 5.92 Å². The highest BCUT2D eigenvalue weighted by atomic mass is 16.5. The van der Waals surface area contributed by atoms with E-state index in [0.29, 0.717) is 23.0 Å². The van der Waals surface area contributed by atoms with E-state index in [1.54, 1.807) is 31.4 Å². The van der Waals surface area contributed by atoms with Crippen LogP contribution in [0.3, 0.4) is 0 Å². The van der Waals surface area contributed by atoms with Crippen molar-refractivity contribution in [3.63, 3.8) is 0 Å². The van der Waals surface area contributed by atoms with Gasteiger partial charge in [-0.1, -0.05) is 31.9 Å². The second-order valence-corrected chi connectivity index (χ2v) is 6.46. The highest BCUT2D eigenvalue weighted by Gasteiger charge is 2.22. The summed E-state index contributed by atoms with van der Waals surface area (Å²) in [5, 5.41) is 2.95. The molecule has 2 atom stereocenters. The Hall–Kier alpha value is -2.50. The molecule has 0 bridgehead atoms. The third-order valence-corrected chi connectivity index (χ3v) is 4.64. The van der Waals surface area contributed by atoms with Crippen molar-refractivity contribution in [1.82, 2.24) is 5.32 Å². The first-order valence-electron chi connectivity index (χ1n) is 8.90. The molecule has 0 aromatic heterocycles. The lowest BCUT2D eigenvalue weighted by Gasteiger charge is -2.29. The number of ether oxygens (including phenoxy) is 3. The molecular formula is C20H27NO5. The van der Waals surface area contributed by atoms with Crippen LogP contribution >= 0.6 is 0 Å². The summed E-state index contributed by atoms with van der Waals surface area (Å²) >= 11 is 0. The Labute approximate surface area is 154 Å². The van der Waals surface area contributed by atoms with Crippen LogP contribution in [0.4, 0.5) is 0 Å². The average Bonchev–Trinajstić information content (AvgIpc) is 2.66. The molecule has 6 heteroatoms. The highest BCUT2D eigenvalue weighted by Crippen LogP contribution is 2.31. The molecule has 1 aliphatic carbocycles. The van der Waals surface area contributed by atoms with Gasteiger partial charge in [0, 0.05) is 17.7 Å². The first-order valence-corrected chi connectivity index (χ1v) is 8.90. The second kappa shape index (κ2) is 9.85. The molecule has 0 radical (unpaired) electrons. The van der Waals surface area contributed by atoms with Crippen molar-refractivity contribution in [2.45, 2.75) is 38.6 Å². The number of nitrogens with one attached hydrogen (secondary N) is 1. The van der Waals surface area contributed by atoms with Crippen LogP contribution in [0.25, 0.3) is 6.08 Å². The van der Waals surface area contributed by atoms with Crippen LogP contribution in [0.2, 0.25) is 0 Å². The van der Waals surface area contributed by atoms with Gasteiger partial charge in [-0.15, -0.1) is 0 Å². The molecule has 1 aliphatic rings. The molecule has 1 aromatic carbocycles. The van der Waals surface area contributed by atoms with E-state index in [-0.39, 0.29) is 18.6 Å². The number of hydrogen-bond acceptors (Lipinski definition) is 5. The molecule has 142 valence electrons. The van der Waals surface area contributed by atoms with Gasteiger partial charge in [0.15, 0.2) is 18.1 Å². The monoisotopic (exact) mass is 361 g/mol. The molecule has 0 spiro atoms. The predicted octanol–water partition coefficient (Wildman–Crippen LogP) is 2.96. The summed E-state index contributed by atoms with van der Waals surface area (Å²) in [5.74, 6) is 0.724. The fourth-order valence-corrected chi connectivity index (χ4v) is 3.16. The zero-order valence-corrected chi connectivity index (χ0v) is 15.6. The Morgan fingerprint density at radius 2 is 1.96 bits per heavy atom. The van der Waals surface area contributed by atoms with Crippen LogP contribution in [0.5, 0.6) is 11.5 Å². The molecule has 0 unspecified atom stereocenters. The van der Waals surface area contributed by atoms with E-state index in [9.17, 15) is 9.59 Å². The Bertz CT molecular complexity index is 656. The molecule has 0 saturated heterocycles. The van der Waals surface area contributed by atoms with E-state index < -0.39 is 5.97 Å². The van der Waals surface area contributed by atoms with Gasteiger partial charge in [0.2, 0.25) is 0 Å². The number of carbonyl (C=O) groups excluding carboxylic acids is 2. The number of hydrogen-bond donors (Lipinski definition) is 1. The maximum Gasteiger partial charge on any atom is 0.331 e. The molecule has 1 N–H and O–H groups in total. The standard InChI is InChI=1S/C20H27NO5/c1-14-7-4-5-9-16(14)21-18(22)13-26-19(23)12-11-15-8-6-10-17(24-2)20(15)25-3/h6,8,10-12,14,16H,4-5,7,9,13H2,1-3H3,(H,21,22)/b12-11+/t14-,16-/m0/s1. The van der Waals surface area contributed by atoms with Gasteiger partial charge < -0.3 is 19.5 Å². The van der Waals surface area contributed by atoms with Crippen LogP contribution in [-0.4, -0.2) is 38.7 Å². The minimum atomic E-state index is -0.582. The van der Waals surface area contributed by atoms with Gasteiger partial charge in [-0.25, -0.2) is 4.79 Å². The first-order chi connectivity index (χ1) is 12.5. The van der Waals surface area contributed by atoms with E-state index in [1.807, 2.05) is 0 Å². The molecule has 6 nitrogen and oxygen atoms in total. The summed E-state index contributed by atoms with van der Waals surface area (Å²) < 4.78 is 15.5. The number of amides is 1. The van der Waals surface area contributed by atoms with Gasteiger partial charge >= 0.3 is 5.97 Å².